The number of carbonyl (C=O) groups is 3. The van der Waals surface area contributed by atoms with Gasteiger partial charge in [0.25, 0.3) is 0 Å². The van der Waals surface area contributed by atoms with Gasteiger partial charge in [0.1, 0.15) is 0 Å². The van der Waals surface area contributed by atoms with Crippen LogP contribution in [0.25, 0.3) is 0 Å². The molecule has 0 unspecified atom stereocenters. The summed E-state index contributed by atoms with van der Waals surface area (Å²) in [5.41, 5.74) is 12.1. The van der Waals surface area contributed by atoms with Crippen molar-refractivity contribution in [2.75, 3.05) is 11.5 Å². The van der Waals surface area contributed by atoms with Crippen molar-refractivity contribution in [3.8, 4) is 0 Å². The van der Waals surface area contributed by atoms with E-state index in [1.54, 1.807) is 0 Å². The summed E-state index contributed by atoms with van der Waals surface area (Å²) in [6.45, 7) is 0. The summed E-state index contributed by atoms with van der Waals surface area (Å²) >= 11 is 0. The summed E-state index contributed by atoms with van der Waals surface area (Å²) in [5, 5.41) is 0. The van der Waals surface area contributed by atoms with Crippen molar-refractivity contribution >= 4 is 132 Å². The van der Waals surface area contributed by atoms with Gasteiger partial charge in [-0.05, 0) is 48.5 Å². The van der Waals surface area contributed by atoms with Gasteiger partial charge in [0.15, 0.2) is 0 Å². The summed E-state index contributed by atoms with van der Waals surface area (Å²) in [4.78, 5) is 34.7. The molecule has 4 N–H and O–H groups in total. The minimum atomic E-state index is -1.41. The number of esters is 2. The molecule has 7 nitrogen and oxygen atoms in total. The van der Waals surface area contributed by atoms with Crippen molar-refractivity contribution in [1.82, 2.24) is 0 Å². The second kappa shape index (κ2) is 11.5. The molecule has 0 spiro atoms. The van der Waals surface area contributed by atoms with Crippen LogP contribution in [-0.2, 0) is 9.47 Å². The van der Waals surface area contributed by atoms with E-state index in [2.05, 4.69) is 9.47 Å². The van der Waals surface area contributed by atoms with Gasteiger partial charge >= 0.3 is 121 Å². The average molecular weight is 380 g/mol. The molecule has 9 heteroatoms. The molecule has 24 heavy (non-hydrogen) atoms. The number of hydrogen-bond acceptors (Lipinski definition) is 7. The van der Waals surface area contributed by atoms with Gasteiger partial charge in [0.05, 0.1) is 11.1 Å². The van der Waals surface area contributed by atoms with Crippen molar-refractivity contribution in [2.45, 2.75) is 0 Å². The number of nitrogen functional groups attached to an aromatic ring is 2. The van der Waals surface area contributed by atoms with Crippen LogP contribution in [0.5, 0.6) is 0 Å². The maximum absolute atomic E-state index is 11.6. The molecule has 0 fully saturated rings. The zero-order chi connectivity index (χ0) is 16.1. The van der Waals surface area contributed by atoms with E-state index < -0.39 is 18.1 Å². The van der Waals surface area contributed by atoms with Gasteiger partial charge in [0.2, 0.25) is 0 Å². The maximum atomic E-state index is 11.6. The number of anilines is 2. The SMILES string of the molecule is Nc1ccc(C(=O)OC(=O)OC(=O)c2ccc(N)cc2)cc1.[KH].[KH]. The van der Waals surface area contributed by atoms with Gasteiger partial charge in [-0.15, -0.1) is 0 Å². The number of hydrogen-bond donors (Lipinski definition) is 2. The summed E-state index contributed by atoms with van der Waals surface area (Å²) < 4.78 is 8.81. The normalized spacial score (nSPS) is 9.00. The molecule has 116 valence electrons. The van der Waals surface area contributed by atoms with E-state index in [0.717, 1.165) is 0 Å². The molecule has 2 aromatic rings. The van der Waals surface area contributed by atoms with Crippen LogP contribution in [0.2, 0.25) is 0 Å². The van der Waals surface area contributed by atoms with Crippen molar-refractivity contribution in [2.24, 2.45) is 0 Å². The molecule has 0 amide bonds. The topological polar surface area (TPSA) is 122 Å². The molecule has 0 atom stereocenters. The Labute approximate surface area is 223 Å². The van der Waals surface area contributed by atoms with Gasteiger partial charge in [-0.1, -0.05) is 0 Å². The molecule has 2 rings (SSSR count). The van der Waals surface area contributed by atoms with Crippen LogP contribution in [0.3, 0.4) is 0 Å². The molecule has 0 aliphatic heterocycles. The van der Waals surface area contributed by atoms with Crippen LogP contribution < -0.4 is 11.5 Å². The first-order valence-corrected chi connectivity index (χ1v) is 6.15. The van der Waals surface area contributed by atoms with E-state index >= 15 is 0 Å². The fraction of sp³-hybridized carbons (Fsp3) is 0. The molecule has 0 heterocycles. The van der Waals surface area contributed by atoms with Crippen LogP contribution in [0.15, 0.2) is 48.5 Å². The summed E-state index contributed by atoms with van der Waals surface area (Å²) in [7, 11) is 0. The van der Waals surface area contributed by atoms with E-state index in [1.165, 1.54) is 48.5 Å². The molecule has 2 aromatic carbocycles. The molecular weight excluding hydrogens is 366 g/mol. The van der Waals surface area contributed by atoms with E-state index in [4.69, 9.17) is 11.5 Å². The molecular formula is C15H14K2N2O5. The van der Waals surface area contributed by atoms with Gasteiger partial charge in [-0.2, -0.15) is 0 Å². The zero-order valence-corrected chi connectivity index (χ0v) is 11.3. The molecule has 0 aliphatic rings. The minimum absolute atomic E-state index is 0. The molecule has 0 aromatic heterocycles. The number of nitrogens with two attached hydrogens (primary N) is 2. The fourth-order valence-corrected chi connectivity index (χ4v) is 1.53. The third kappa shape index (κ3) is 7.44. The van der Waals surface area contributed by atoms with Crippen LogP contribution in [0.4, 0.5) is 16.2 Å². The molecule has 0 saturated carbocycles. The van der Waals surface area contributed by atoms with Crippen LogP contribution in [0.1, 0.15) is 20.7 Å². The van der Waals surface area contributed by atoms with Crippen molar-refractivity contribution in [3.05, 3.63) is 59.7 Å². The number of benzene rings is 2. The van der Waals surface area contributed by atoms with Crippen LogP contribution in [-0.4, -0.2) is 121 Å². The van der Waals surface area contributed by atoms with Crippen LogP contribution in [0, 0.1) is 0 Å². The van der Waals surface area contributed by atoms with E-state index in [-0.39, 0.29) is 114 Å². The first-order valence-electron chi connectivity index (χ1n) is 6.15. The fourth-order valence-electron chi connectivity index (χ4n) is 1.53. The predicted octanol–water partition coefficient (Wildman–Crippen LogP) is 0.688. The molecule has 0 saturated heterocycles. The molecule has 0 bridgehead atoms. The second-order valence-corrected chi connectivity index (χ2v) is 4.27. The molecule has 0 radical (unpaired) electrons. The van der Waals surface area contributed by atoms with Gasteiger partial charge in [0, 0.05) is 11.4 Å². The zero-order valence-electron chi connectivity index (χ0n) is 11.3. The first-order chi connectivity index (χ1) is 10.5. The predicted molar refractivity (Wildman–Crippen MR) is 92.2 cm³/mol. The second-order valence-electron chi connectivity index (χ2n) is 4.27. The van der Waals surface area contributed by atoms with Crippen molar-refractivity contribution < 1.29 is 23.9 Å². The Hall–Kier alpha value is -0.0773. The van der Waals surface area contributed by atoms with E-state index in [0.29, 0.717) is 11.4 Å². The van der Waals surface area contributed by atoms with Crippen molar-refractivity contribution in [1.29, 1.82) is 0 Å². The quantitative estimate of drug-likeness (QED) is 0.340. The van der Waals surface area contributed by atoms with Gasteiger partial charge in [-0.3, -0.25) is 0 Å². The van der Waals surface area contributed by atoms with E-state index in [9.17, 15) is 14.4 Å². The van der Waals surface area contributed by atoms with E-state index in [1.807, 2.05) is 0 Å². The molecule has 0 aliphatic carbocycles. The Morgan fingerprint density at radius 3 is 1.21 bits per heavy atom. The van der Waals surface area contributed by atoms with Crippen LogP contribution >= 0.6 is 0 Å². The Morgan fingerprint density at radius 2 is 0.917 bits per heavy atom. The average Bonchev–Trinajstić information content (AvgIpc) is 2.48. The van der Waals surface area contributed by atoms with Gasteiger partial charge < -0.3 is 20.9 Å². The summed E-state index contributed by atoms with van der Waals surface area (Å²) in [6, 6.07) is 11.4. The number of ether oxygens (including phenoxy) is 2. The monoisotopic (exact) mass is 380 g/mol. The van der Waals surface area contributed by atoms with Crippen molar-refractivity contribution in [3.63, 3.8) is 0 Å². The standard InChI is InChI=1S/C15H12N2O5.2K.2H/c16-11-5-1-9(2-6-11)13(18)21-15(20)22-14(19)10-3-7-12(17)8-4-10;;;;/h1-8H,16-17H2;;;;. The van der Waals surface area contributed by atoms with Gasteiger partial charge in [-0.25, -0.2) is 14.4 Å². The summed E-state index contributed by atoms with van der Waals surface area (Å²) in [6.07, 6.45) is -1.41. The third-order valence-corrected chi connectivity index (χ3v) is 2.64. The Bertz CT molecular complexity index is 656. The Morgan fingerprint density at radius 1 is 0.625 bits per heavy atom. The Balaban J connectivity index is 0.00000264. The summed E-state index contributed by atoms with van der Waals surface area (Å²) in [5.74, 6) is -1.90. The Kier molecular flexibility index (Phi) is 11.5. The number of rotatable bonds is 2. The first kappa shape index (κ1) is 23.9. The third-order valence-electron chi connectivity index (χ3n) is 2.64. The number of carbonyl (C=O) groups excluding carboxylic acids is 3.